The minimum Gasteiger partial charge on any atom is -0.458 e. The number of hydrogen-bond donors (Lipinski definition) is 1. The van der Waals surface area contributed by atoms with Crippen LogP contribution in [0.25, 0.3) is 21.8 Å². The first-order chi connectivity index (χ1) is 19.5. The Kier molecular flexibility index (Phi) is 6.83. The van der Waals surface area contributed by atoms with Crippen LogP contribution in [0.2, 0.25) is 5.02 Å². The van der Waals surface area contributed by atoms with Crippen molar-refractivity contribution in [1.29, 1.82) is 0 Å². The van der Waals surface area contributed by atoms with Crippen LogP contribution in [0.3, 0.4) is 0 Å². The van der Waals surface area contributed by atoms with Crippen molar-refractivity contribution in [3.8, 4) is 17.6 Å². The predicted octanol–water partition coefficient (Wildman–Crippen LogP) is 4.29. The SMILES string of the molecule is C=CC(=O)N1CCN(c2nc(OCc3cccnc3)nc3c(Oc4c(Cl)c(F)cc5[nH]ncc45)nccc23)CC1. The van der Waals surface area contributed by atoms with Gasteiger partial charge in [0.25, 0.3) is 0 Å². The number of aromatic nitrogens is 6. The molecule has 0 spiro atoms. The first-order valence-corrected chi connectivity index (χ1v) is 12.7. The molecule has 0 bridgehead atoms. The van der Waals surface area contributed by atoms with Crippen LogP contribution in [0.1, 0.15) is 5.56 Å². The number of anilines is 1. The summed E-state index contributed by atoms with van der Waals surface area (Å²) in [6, 6.07) is 6.79. The summed E-state index contributed by atoms with van der Waals surface area (Å²) in [6.07, 6.45) is 7.72. The van der Waals surface area contributed by atoms with Gasteiger partial charge in [0.15, 0.2) is 5.75 Å². The van der Waals surface area contributed by atoms with Crippen molar-refractivity contribution in [2.24, 2.45) is 0 Å². The molecule has 5 aromatic rings. The molecule has 1 fully saturated rings. The van der Waals surface area contributed by atoms with Gasteiger partial charge >= 0.3 is 6.01 Å². The Morgan fingerprint density at radius 1 is 1.15 bits per heavy atom. The molecule has 4 aromatic heterocycles. The van der Waals surface area contributed by atoms with Gasteiger partial charge in [-0.2, -0.15) is 15.1 Å². The number of aromatic amines is 1. The molecule has 13 heteroatoms. The number of amides is 1. The first kappa shape index (κ1) is 25.4. The molecule has 1 aromatic carbocycles. The van der Waals surface area contributed by atoms with E-state index in [2.05, 4.69) is 31.7 Å². The number of carbonyl (C=O) groups excluding carboxylic acids is 1. The lowest BCUT2D eigenvalue weighted by Crippen LogP contribution is -2.48. The molecule has 11 nitrogen and oxygen atoms in total. The number of ether oxygens (including phenoxy) is 2. The maximum absolute atomic E-state index is 14.6. The Bertz CT molecular complexity index is 1720. The summed E-state index contributed by atoms with van der Waals surface area (Å²) in [5, 5.41) is 7.60. The number of H-pyrrole nitrogens is 1. The summed E-state index contributed by atoms with van der Waals surface area (Å²) in [5.41, 5.74) is 1.59. The van der Waals surface area contributed by atoms with Gasteiger partial charge in [-0.1, -0.05) is 24.2 Å². The number of benzene rings is 1. The van der Waals surface area contributed by atoms with Crippen molar-refractivity contribution >= 4 is 45.1 Å². The minimum atomic E-state index is -0.670. The monoisotopic (exact) mass is 560 g/mol. The van der Waals surface area contributed by atoms with E-state index in [0.29, 0.717) is 53.8 Å². The van der Waals surface area contributed by atoms with Crippen molar-refractivity contribution < 1.29 is 18.7 Å². The highest BCUT2D eigenvalue weighted by atomic mass is 35.5. The van der Waals surface area contributed by atoms with E-state index in [1.165, 1.54) is 18.3 Å². The lowest BCUT2D eigenvalue weighted by molar-refractivity contribution is -0.126. The second kappa shape index (κ2) is 10.7. The number of halogens is 2. The van der Waals surface area contributed by atoms with E-state index in [-0.39, 0.29) is 35.2 Å². The van der Waals surface area contributed by atoms with Gasteiger partial charge < -0.3 is 19.3 Å². The highest BCUT2D eigenvalue weighted by Gasteiger charge is 2.25. The zero-order valence-electron chi connectivity index (χ0n) is 21.0. The van der Waals surface area contributed by atoms with E-state index in [4.69, 9.17) is 26.1 Å². The molecule has 1 N–H and O–H groups in total. The average molecular weight is 561 g/mol. The molecular formula is C27H22ClFN8O3. The fourth-order valence-electron chi connectivity index (χ4n) is 4.47. The Labute approximate surface area is 232 Å². The number of nitrogens with one attached hydrogen (secondary N) is 1. The molecule has 1 saturated heterocycles. The molecule has 0 saturated carbocycles. The standard InChI is InChI=1S/C27H22ClFN8O3/c1-2-21(38)36-8-10-37(11-9-36)25-17-5-7-31-26(40-24-18-14-32-35-20(18)12-19(29)22(24)28)23(17)33-27(34-25)39-15-16-4-3-6-30-13-16/h2-7,12-14H,1,8-11,15H2,(H,32,35). The van der Waals surface area contributed by atoms with E-state index in [1.807, 2.05) is 17.0 Å². The van der Waals surface area contributed by atoms with Crippen molar-refractivity contribution in [3.05, 3.63) is 78.1 Å². The van der Waals surface area contributed by atoms with Gasteiger partial charge in [0.05, 0.1) is 22.5 Å². The van der Waals surface area contributed by atoms with Gasteiger partial charge in [-0.05, 0) is 18.2 Å². The van der Waals surface area contributed by atoms with Crippen LogP contribution in [0, 0.1) is 5.82 Å². The average Bonchev–Trinajstić information content (AvgIpc) is 3.46. The smallest absolute Gasteiger partial charge is 0.319 e. The zero-order valence-corrected chi connectivity index (χ0v) is 21.8. The number of rotatable bonds is 7. The van der Waals surface area contributed by atoms with E-state index >= 15 is 0 Å². The van der Waals surface area contributed by atoms with Crippen LogP contribution in [0.4, 0.5) is 10.2 Å². The molecule has 1 amide bonds. The van der Waals surface area contributed by atoms with Crippen LogP contribution >= 0.6 is 11.6 Å². The summed E-state index contributed by atoms with van der Waals surface area (Å²) in [6.45, 7) is 5.80. The molecule has 202 valence electrons. The molecule has 1 aliphatic rings. The third-order valence-corrected chi connectivity index (χ3v) is 6.84. The minimum absolute atomic E-state index is 0.0555. The molecule has 0 radical (unpaired) electrons. The van der Waals surface area contributed by atoms with Crippen LogP contribution in [-0.2, 0) is 11.4 Å². The number of hydrogen-bond acceptors (Lipinski definition) is 9. The van der Waals surface area contributed by atoms with Gasteiger partial charge in [0.2, 0.25) is 11.8 Å². The zero-order chi connectivity index (χ0) is 27.6. The second-order valence-corrected chi connectivity index (χ2v) is 9.32. The highest BCUT2D eigenvalue weighted by Crippen LogP contribution is 2.40. The summed E-state index contributed by atoms with van der Waals surface area (Å²) < 4.78 is 26.7. The molecule has 6 rings (SSSR count). The number of fused-ring (bicyclic) bond motifs is 2. The van der Waals surface area contributed by atoms with Crippen molar-refractivity contribution in [2.75, 3.05) is 31.1 Å². The predicted molar refractivity (Wildman–Crippen MR) is 146 cm³/mol. The molecule has 5 heterocycles. The van der Waals surface area contributed by atoms with Gasteiger partial charge in [0.1, 0.15) is 28.8 Å². The summed E-state index contributed by atoms with van der Waals surface area (Å²) >= 11 is 6.30. The normalized spacial score (nSPS) is 13.6. The summed E-state index contributed by atoms with van der Waals surface area (Å²) in [4.78, 5) is 33.7. The van der Waals surface area contributed by atoms with Crippen molar-refractivity contribution in [1.82, 2.24) is 35.0 Å². The Morgan fingerprint density at radius 3 is 2.77 bits per heavy atom. The lowest BCUT2D eigenvalue weighted by atomic mass is 10.2. The Hall–Kier alpha value is -4.84. The number of pyridine rings is 2. The van der Waals surface area contributed by atoms with Crippen LogP contribution in [0.5, 0.6) is 17.6 Å². The fourth-order valence-corrected chi connectivity index (χ4v) is 4.67. The Balaban J connectivity index is 1.42. The van der Waals surface area contributed by atoms with E-state index < -0.39 is 5.82 Å². The quantitative estimate of drug-likeness (QED) is 0.290. The topological polar surface area (TPSA) is 122 Å². The maximum atomic E-state index is 14.6. The largest absolute Gasteiger partial charge is 0.458 e. The van der Waals surface area contributed by atoms with Crippen LogP contribution in [0.15, 0.2) is 61.7 Å². The summed E-state index contributed by atoms with van der Waals surface area (Å²) in [7, 11) is 0. The number of nitrogens with zero attached hydrogens (tertiary/aromatic N) is 7. The van der Waals surface area contributed by atoms with Gasteiger partial charge in [-0.3, -0.25) is 14.9 Å². The second-order valence-electron chi connectivity index (χ2n) is 8.94. The summed E-state index contributed by atoms with van der Waals surface area (Å²) in [5.74, 6) is -0.0627. The number of piperazine rings is 1. The Morgan fingerprint density at radius 2 is 2.00 bits per heavy atom. The molecular weight excluding hydrogens is 539 g/mol. The van der Waals surface area contributed by atoms with E-state index in [9.17, 15) is 9.18 Å². The molecule has 0 unspecified atom stereocenters. The first-order valence-electron chi connectivity index (χ1n) is 12.4. The number of carbonyl (C=O) groups is 1. The molecule has 40 heavy (non-hydrogen) atoms. The highest BCUT2D eigenvalue weighted by molar-refractivity contribution is 6.33. The third kappa shape index (κ3) is 4.84. The molecule has 0 atom stereocenters. The van der Waals surface area contributed by atoms with Crippen molar-refractivity contribution in [3.63, 3.8) is 0 Å². The van der Waals surface area contributed by atoms with Crippen molar-refractivity contribution in [2.45, 2.75) is 6.61 Å². The van der Waals surface area contributed by atoms with E-state index in [0.717, 1.165) is 5.56 Å². The molecule has 1 aliphatic heterocycles. The third-order valence-electron chi connectivity index (χ3n) is 6.49. The van der Waals surface area contributed by atoms with Gasteiger partial charge in [0, 0.05) is 56.4 Å². The van der Waals surface area contributed by atoms with Gasteiger partial charge in [-0.15, -0.1) is 0 Å². The van der Waals surface area contributed by atoms with Crippen LogP contribution < -0.4 is 14.4 Å². The fraction of sp³-hybridized carbons (Fsp3) is 0.185. The van der Waals surface area contributed by atoms with E-state index in [1.54, 1.807) is 29.6 Å². The maximum Gasteiger partial charge on any atom is 0.319 e. The van der Waals surface area contributed by atoms with Gasteiger partial charge in [-0.25, -0.2) is 9.37 Å². The lowest BCUT2D eigenvalue weighted by Gasteiger charge is -2.35. The molecule has 0 aliphatic carbocycles. The van der Waals surface area contributed by atoms with Crippen LogP contribution in [-0.4, -0.2) is 67.1 Å².